The first-order chi connectivity index (χ1) is 12.5. The second-order valence-corrected chi connectivity index (χ2v) is 9.06. The van der Waals surface area contributed by atoms with E-state index < -0.39 is 22.0 Å². The number of hydrogen-bond acceptors (Lipinski definition) is 3. The van der Waals surface area contributed by atoms with E-state index in [4.69, 9.17) is 23.2 Å². The highest BCUT2D eigenvalue weighted by Crippen LogP contribution is 2.30. The number of halogens is 2. The number of nitrogens with one attached hydrogen (secondary N) is 1. The number of amides is 1. The van der Waals surface area contributed by atoms with Crippen molar-refractivity contribution in [2.45, 2.75) is 33.2 Å². The largest absolute Gasteiger partial charge is 0.324 e. The highest BCUT2D eigenvalue weighted by atomic mass is 35.5. The number of rotatable bonds is 6. The van der Waals surface area contributed by atoms with Gasteiger partial charge < -0.3 is 5.32 Å². The Morgan fingerprint density at radius 1 is 1.11 bits per heavy atom. The van der Waals surface area contributed by atoms with E-state index in [2.05, 4.69) is 5.32 Å². The van der Waals surface area contributed by atoms with Crippen LogP contribution in [0.25, 0.3) is 0 Å². The third kappa shape index (κ3) is 5.15. The van der Waals surface area contributed by atoms with E-state index in [-0.39, 0.29) is 17.1 Å². The number of aryl methyl sites for hydroxylation is 2. The molecule has 5 nitrogen and oxygen atoms in total. The van der Waals surface area contributed by atoms with Crippen LogP contribution in [0.1, 0.15) is 24.5 Å². The average molecular weight is 429 g/mol. The molecule has 0 aliphatic carbocycles. The summed E-state index contributed by atoms with van der Waals surface area (Å²) in [6.07, 6.45) is 1.34. The van der Waals surface area contributed by atoms with Gasteiger partial charge in [-0.15, -0.1) is 0 Å². The first-order valence-corrected chi connectivity index (χ1v) is 11.0. The lowest BCUT2D eigenvalue weighted by molar-refractivity contribution is -0.117. The van der Waals surface area contributed by atoms with E-state index in [1.165, 1.54) is 18.2 Å². The van der Waals surface area contributed by atoms with Gasteiger partial charge in [0.05, 0.1) is 22.0 Å². The second kappa shape index (κ2) is 8.50. The standard InChI is InChI=1S/C19H22Cl2N2O3S/c1-5-18(19(24)22-17-9-6-12(2)10-13(17)3)23(27(4,25)26)14-7-8-15(20)16(21)11-14/h6-11,18H,5H2,1-4H3,(H,22,24). The van der Waals surface area contributed by atoms with E-state index in [0.29, 0.717) is 10.7 Å². The summed E-state index contributed by atoms with van der Waals surface area (Å²) in [6.45, 7) is 5.60. The zero-order chi connectivity index (χ0) is 20.4. The Labute approximate surface area is 170 Å². The van der Waals surface area contributed by atoms with Gasteiger partial charge in [-0.3, -0.25) is 9.10 Å². The Balaban J connectivity index is 2.42. The van der Waals surface area contributed by atoms with Crippen molar-refractivity contribution < 1.29 is 13.2 Å². The summed E-state index contributed by atoms with van der Waals surface area (Å²) in [4.78, 5) is 12.9. The van der Waals surface area contributed by atoms with E-state index >= 15 is 0 Å². The minimum absolute atomic E-state index is 0.215. The molecule has 0 bridgehead atoms. The number of anilines is 2. The molecule has 0 aliphatic rings. The van der Waals surface area contributed by atoms with Gasteiger partial charge in [-0.1, -0.05) is 47.8 Å². The number of benzene rings is 2. The molecule has 2 aromatic rings. The molecule has 0 spiro atoms. The van der Waals surface area contributed by atoms with Crippen molar-refractivity contribution in [3.05, 3.63) is 57.6 Å². The Morgan fingerprint density at radius 3 is 2.30 bits per heavy atom. The van der Waals surface area contributed by atoms with Crippen molar-refractivity contribution >= 4 is 50.5 Å². The third-order valence-corrected chi connectivity index (χ3v) is 6.05. The van der Waals surface area contributed by atoms with E-state index in [0.717, 1.165) is 21.7 Å². The molecule has 0 heterocycles. The molecule has 2 aromatic carbocycles. The molecule has 0 aromatic heterocycles. The number of carbonyl (C=O) groups is 1. The molecule has 0 radical (unpaired) electrons. The summed E-state index contributed by atoms with van der Waals surface area (Å²) in [5.74, 6) is -0.416. The van der Waals surface area contributed by atoms with Crippen molar-refractivity contribution in [1.82, 2.24) is 0 Å². The molecule has 1 N–H and O–H groups in total. The van der Waals surface area contributed by atoms with Crippen LogP contribution in [-0.2, 0) is 14.8 Å². The maximum absolute atomic E-state index is 12.9. The molecular weight excluding hydrogens is 407 g/mol. The predicted molar refractivity (Wildman–Crippen MR) is 112 cm³/mol. The molecule has 1 atom stereocenters. The number of hydrogen-bond donors (Lipinski definition) is 1. The van der Waals surface area contributed by atoms with Crippen LogP contribution >= 0.6 is 23.2 Å². The highest BCUT2D eigenvalue weighted by Gasteiger charge is 2.32. The monoisotopic (exact) mass is 428 g/mol. The van der Waals surface area contributed by atoms with Crippen molar-refractivity contribution in [2.75, 3.05) is 15.9 Å². The zero-order valence-electron chi connectivity index (χ0n) is 15.6. The molecule has 1 amide bonds. The van der Waals surface area contributed by atoms with Crippen LogP contribution in [0.3, 0.4) is 0 Å². The summed E-state index contributed by atoms with van der Waals surface area (Å²) >= 11 is 12.0. The maximum atomic E-state index is 12.9. The van der Waals surface area contributed by atoms with Gasteiger partial charge in [0.15, 0.2) is 0 Å². The Bertz CT molecular complexity index is 961. The molecule has 27 heavy (non-hydrogen) atoms. The molecule has 146 valence electrons. The van der Waals surface area contributed by atoms with Crippen LogP contribution in [0.2, 0.25) is 10.0 Å². The van der Waals surface area contributed by atoms with Gasteiger partial charge in [0.25, 0.3) is 0 Å². The smallest absolute Gasteiger partial charge is 0.248 e. The summed E-state index contributed by atoms with van der Waals surface area (Å²) < 4.78 is 26.0. The summed E-state index contributed by atoms with van der Waals surface area (Å²) in [7, 11) is -3.74. The number of nitrogens with zero attached hydrogens (tertiary/aromatic N) is 1. The molecule has 8 heteroatoms. The Hall–Kier alpha value is -1.76. The summed E-state index contributed by atoms with van der Waals surface area (Å²) in [5.41, 5.74) is 2.91. The van der Waals surface area contributed by atoms with Crippen LogP contribution in [0, 0.1) is 13.8 Å². The minimum atomic E-state index is -3.74. The third-order valence-electron chi connectivity index (χ3n) is 4.13. The van der Waals surface area contributed by atoms with Crippen molar-refractivity contribution in [1.29, 1.82) is 0 Å². The van der Waals surface area contributed by atoms with Crippen molar-refractivity contribution in [3.63, 3.8) is 0 Å². The first kappa shape index (κ1) is 21.5. The number of sulfonamides is 1. The fourth-order valence-electron chi connectivity index (χ4n) is 2.85. The van der Waals surface area contributed by atoms with Crippen LogP contribution in [0.15, 0.2) is 36.4 Å². The fraction of sp³-hybridized carbons (Fsp3) is 0.316. The van der Waals surface area contributed by atoms with E-state index in [1.54, 1.807) is 13.0 Å². The van der Waals surface area contributed by atoms with E-state index in [1.807, 2.05) is 26.0 Å². The highest BCUT2D eigenvalue weighted by molar-refractivity contribution is 7.92. The fourth-order valence-corrected chi connectivity index (χ4v) is 4.35. The Morgan fingerprint density at radius 2 is 1.78 bits per heavy atom. The summed E-state index contributed by atoms with van der Waals surface area (Å²) in [6, 6.07) is 9.19. The number of carbonyl (C=O) groups excluding carboxylic acids is 1. The first-order valence-electron chi connectivity index (χ1n) is 8.37. The van der Waals surface area contributed by atoms with Gasteiger partial charge in [0.1, 0.15) is 6.04 Å². The molecule has 1 unspecified atom stereocenters. The van der Waals surface area contributed by atoms with Crippen LogP contribution in [0.5, 0.6) is 0 Å². The van der Waals surface area contributed by atoms with E-state index in [9.17, 15) is 13.2 Å². The quantitative estimate of drug-likeness (QED) is 0.718. The van der Waals surface area contributed by atoms with Gasteiger partial charge in [-0.05, 0) is 50.1 Å². The van der Waals surface area contributed by atoms with Crippen LogP contribution in [-0.4, -0.2) is 26.6 Å². The Kier molecular flexibility index (Phi) is 6.78. The lowest BCUT2D eigenvalue weighted by Gasteiger charge is -2.30. The molecule has 0 fully saturated rings. The SMILES string of the molecule is CCC(C(=O)Nc1ccc(C)cc1C)N(c1ccc(Cl)c(Cl)c1)S(C)(=O)=O. The van der Waals surface area contributed by atoms with Gasteiger partial charge in [0.2, 0.25) is 15.9 Å². The predicted octanol–water partition coefficient (Wildman–Crippen LogP) is 4.79. The van der Waals surface area contributed by atoms with Crippen molar-refractivity contribution in [3.8, 4) is 0 Å². The van der Waals surface area contributed by atoms with Crippen molar-refractivity contribution in [2.24, 2.45) is 0 Å². The maximum Gasteiger partial charge on any atom is 0.248 e. The second-order valence-electron chi connectivity index (χ2n) is 6.39. The zero-order valence-corrected chi connectivity index (χ0v) is 17.9. The van der Waals surface area contributed by atoms with Crippen LogP contribution < -0.4 is 9.62 Å². The average Bonchev–Trinajstić information content (AvgIpc) is 2.56. The van der Waals surface area contributed by atoms with Gasteiger partial charge in [0, 0.05) is 5.69 Å². The van der Waals surface area contributed by atoms with Gasteiger partial charge >= 0.3 is 0 Å². The van der Waals surface area contributed by atoms with Gasteiger partial charge in [-0.2, -0.15) is 0 Å². The molecular formula is C19H22Cl2N2O3S. The molecule has 2 rings (SSSR count). The van der Waals surface area contributed by atoms with Gasteiger partial charge in [-0.25, -0.2) is 8.42 Å². The lowest BCUT2D eigenvalue weighted by atomic mass is 10.1. The molecule has 0 saturated carbocycles. The summed E-state index contributed by atoms with van der Waals surface area (Å²) in [5, 5.41) is 3.35. The normalized spacial score (nSPS) is 12.5. The topological polar surface area (TPSA) is 66.5 Å². The molecule has 0 aliphatic heterocycles. The minimum Gasteiger partial charge on any atom is -0.324 e. The molecule has 0 saturated heterocycles. The van der Waals surface area contributed by atoms with Crippen LogP contribution in [0.4, 0.5) is 11.4 Å². The lowest BCUT2D eigenvalue weighted by Crippen LogP contribution is -2.47.